The van der Waals surface area contributed by atoms with Crippen LogP contribution in [0.5, 0.6) is 0 Å². The maximum atomic E-state index is 13.3. The SMILES string of the molecule is CC(C)(C)OC(=O)N[C@@H]1CCC[C@@H]1C(=O)Nc1ccc2c(c1)c(=O)n(CC1CC1)c(=O)n2CC1CC1. The van der Waals surface area contributed by atoms with Crippen molar-refractivity contribution in [2.24, 2.45) is 17.8 Å². The molecule has 0 bridgehead atoms. The van der Waals surface area contributed by atoms with Gasteiger partial charge in [0.1, 0.15) is 5.60 Å². The van der Waals surface area contributed by atoms with Crippen molar-refractivity contribution in [3.05, 3.63) is 39.0 Å². The Hall–Kier alpha value is -3.10. The van der Waals surface area contributed by atoms with Crippen LogP contribution >= 0.6 is 0 Å². The number of carbonyl (C=O) groups excluding carboxylic acids is 2. The van der Waals surface area contributed by atoms with Gasteiger partial charge < -0.3 is 15.4 Å². The molecule has 0 spiro atoms. The molecule has 1 heterocycles. The summed E-state index contributed by atoms with van der Waals surface area (Å²) in [4.78, 5) is 51.9. The fourth-order valence-electron chi connectivity index (χ4n) is 5.10. The van der Waals surface area contributed by atoms with Gasteiger partial charge in [0.25, 0.3) is 5.56 Å². The van der Waals surface area contributed by atoms with E-state index in [4.69, 9.17) is 4.74 Å². The van der Waals surface area contributed by atoms with E-state index < -0.39 is 11.7 Å². The van der Waals surface area contributed by atoms with Crippen molar-refractivity contribution in [1.82, 2.24) is 14.5 Å². The van der Waals surface area contributed by atoms with Gasteiger partial charge in [0.2, 0.25) is 5.91 Å². The number of rotatable bonds is 7. The Balaban J connectivity index is 1.38. The molecule has 194 valence electrons. The van der Waals surface area contributed by atoms with Crippen LogP contribution in [0.4, 0.5) is 10.5 Å². The number of nitrogens with zero attached hydrogens (tertiary/aromatic N) is 2. The van der Waals surface area contributed by atoms with Crippen LogP contribution in [0.25, 0.3) is 10.9 Å². The van der Waals surface area contributed by atoms with Crippen molar-refractivity contribution in [3.8, 4) is 0 Å². The first kappa shape index (κ1) is 24.6. The Morgan fingerprint density at radius 3 is 2.28 bits per heavy atom. The zero-order valence-electron chi connectivity index (χ0n) is 21.3. The number of hydrogen-bond acceptors (Lipinski definition) is 5. The van der Waals surface area contributed by atoms with Crippen LogP contribution in [0, 0.1) is 17.8 Å². The number of carbonyl (C=O) groups is 2. The van der Waals surface area contributed by atoms with Gasteiger partial charge >= 0.3 is 11.8 Å². The van der Waals surface area contributed by atoms with Crippen LogP contribution in [0.1, 0.15) is 65.7 Å². The van der Waals surface area contributed by atoms with Gasteiger partial charge in [-0.3, -0.25) is 18.7 Å². The third-order valence-electron chi connectivity index (χ3n) is 7.32. The number of aromatic nitrogens is 2. The molecule has 1 aromatic carbocycles. The Kier molecular flexibility index (Phi) is 6.43. The van der Waals surface area contributed by atoms with Crippen molar-refractivity contribution >= 4 is 28.6 Å². The van der Waals surface area contributed by atoms with Crippen molar-refractivity contribution in [3.63, 3.8) is 0 Å². The van der Waals surface area contributed by atoms with E-state index in [0.717, 1.165) is 32.1 Å². The quantitative estimate of drug-likeness (QED) is 0.608. The smallest absolute Gasteiger partial charge is 0.407 e. The minimum Gasteiger partial charge on any atom is -0.444 e. The summed E-state index contributed by atoms with van der Waals surface area (Å²) in [5, 5.41) is 6.24. The molecule has 0 unspecified atom stereocenters. The predicted octanol–water partition coefficient (Wildman–Crippen LogP) is 3.62. The fraction of sp³-hybridized carbons (Fsp3) is 0.630. The van der Waals surface area contributed by atoms with Crippen LogP contribution in [0.2, 0.25) is 0 Å². The number of fused-ring (bicyclic) bond motifs is 1. The highest BCUT2D eigenvalue weighted by molar-refractivity contribution is 5.95. The van der Waals surface area contributed by atoms with Crippen molar-refractivity contribution in [2.45, 2.75) is 90.4 Å². The van der Waals surface area contributed by atoms with Gasteiger partial charge in [0.05, 0.1) is 16.8 Å². The second-order valence-electron chi connectivity index (χ2n) is 11.7. The van der Waals surface area contributed by atoms with Crippen LogP contribution < -0.4 is 21.9 Å². The number of amides is 2. The molecule has 9 nitrogen and oxygen atoms in total. The van der Waals surface area contributed by atoms with Crippen LogP contribution in [-0.2, 0) is 22.6 Å². The van der Waals surface area contributed by atoms with Crippen molar-refractivity contribution < 1.29 is 14.3 Å². The predicted molar refractivity (Wildman–Crippen MR) is 137 cm³/mol. The zero-order valence-corrected chi connectivity index (χ0v) is 21.3. The Labute approximate surface area is 210 Å². The van der Waals surface area contributed by atoms with Crippen LogP contribution in [0.15, 0.2) is 27.8 Å². The molecular weight excluding hydrogens is 460 g/mol. The highest BCUT2D eigenvalue weighted by Gasteiger charge is 2.35. The number of ether oxygens (including phenoxy) is 1. The first-order valence-corrected chi connectivity index (χ1v) is 13.2. The van der Waals surface area contributed by atoms with E-state index in [0.29, 0.717) is 54.4 Å². The molecule has 0 saturated heterocycles. The Morgan fingerprint density at radius 2 is 1.64 bits per heavy atom. The number of nitrogens with one attached hydrogen (secondary N) is 2. The van der Waals surface area contributed by atoms with Gasteiger partial charge in [0.15, 0.2) is 0 Å². The maximum absolute atomic E-state index is 13.3. The first-order valence-electron chi connectivity index (χ1n) is 13.2. The summed E-state index contributed by atoms with van der Waals surface area (Å²) < 4.78 is 8.47. The van der Waals surface area contributed by atoms with E-state index in [1.165, 1.54) is 4.57 Å². The molecule has 2 N–H and O–H groups in total. The standard InChI is InChI=1S/C27H36N4O5/c1-27(2,3)36-25(34)29-21-6-4-5-19(21)23(32)28-18-11-12-22-20(13-18)24(33)31(15-17-9-10-17)26(35)30(22)14-16-7-8-16/h11-13,16-17,19,21H,4-10,14-15H2,1-3H3,(H,28,32)(H,29,34)/t19-,21+/m0/s1. The zero-order chi connectivity index (χ0) is 25.6. The molecule has 0 radical (unpaired) electrons. The van der Waals surface area contributed by atoms with Crippen molar-refractivity contribution in [2.75, 3.05) is 5.32 Å². The Morgan fingerprint density at radius 1 is 0.972 bits per heavy atom. The van der Waals surface area contributed by atoms with Crippen LogP contribution in [0.3, 0.4) is 0 Å². The van der Waals surface area contributed by atoms with Gasteiger partial charge in [-0.05, 0) is 89.3 Å². The molecule has 2 amide bonds. The molecule has 3 aliphatic carbocycles. The summed E-state index contributed by atoms with van der Waals surface area (Å²) in [6, 6.07) is 4.90. The van der Waals surface area contributed by atoms with E-state index in [1.54, 1.807) is 43.5 Å². The number of benzene rings is 1. The minimum atomic E-state index is -0.613. The molecule has 0 aliphatic heterocycles. The second-order valence-corrected chi connectivity index (χ2v) is 11.7. The Bertz CT molecular complexity index is 1300. The molecule has 36 heavy (non-hydrogen) atoms. The molecule has 2 aromatic rings. The molecule has 9 heteroatoms. The maximum Gasteiger partial charge on any atom is 0.407 e. The third kappa shape index (κ3) is 5.50. The normalized spacial score (nSPS) is 22.0. The lowest BCUT2D eigenvalue weighted by molar-refractivity contribution is -0.120. The molecule has 3 aliphatic rings. The summed E-state index contributed by atoms with van der Waals surface area (Å²) in [5.41, 5.74) is -0.00646. The van der Waals surface area contributed by atoms with E-state index in [2.05, 4.69) is 10.6 Å². The first-order chi connectivity index (χ1) is 17.1. The van der Waals surface area contributed by atoms with Gasteiger partial charge in [-0.25, -0.2) is 9.59 Å². The average Bonchev–Trinajstić information content (AvgIpc) is 3.73. The number of hydrogen-bond donors (Lipinski definition) is 2. The third-order valence-corrected chi connectivity index (χ3v) is 7.32. The highest BCUT2D eigenvalue weighted by Crippen LogP contribution is 2.32. The van der Waals surface area contributed by atoms with Gasteiger partial charge in [-0.2, -0.15) is 0 Å². The summed E-state index contributed by atoms with van der Waals surface area (Å²) in [6.07, 6.45) is 5.96. The van der Waals surface area contributed by atoms with E-state index in [-0.39, 0.29) is 29.1 Å². The lowest BCUT2D eigenvalue weighted by Gasteiger charge is -2.24. The molecule has 2 atom stereocenters. The molecule has 5 rings (SSSR count). The van der Waals surface area contributed by atoms with E-state index >= 15 is 0 Å². The molecule has 1 aromatic heterocycles. The van der Waals surface area contributed by atoms with Crippen molar-refractivity contribution in [1.29, 1.82) is 0 Å². The minimum absolute atomic E-state index is 0.197. The largest absolute Gasteiger partial charge is 0.444 e. The fourth-order valence-corrected chi connectivity index (χ4v) is 5.10. The summed E-state index contributed by atoms with van der Waals surface area (Å²) >= 11 is 0. The molecular formula is C27H36N4O5. The summed E-state index contributed by atoms with van der Waals surface area (Å²) in [6.45, 7) is 6.47. The lowest BCUT2D eigenvalue weighted by atomic mass is 10.0. The van der Waals surface area contributed by atoms with Gasteiger partial charge in [0, 0.05) is 24.8 Å². The number of alkyl carbamates (subject to hydrolysis) is 1. The lowest BCUT2D eigenvalue weighted by Crippen LogP contribution is -2.44. The monoisotopic (exact) mass is 496 g/mol. The average molecular weight is 497 g/mol. The van der Waals surface area contributed by atoms with Gasteiger partial charge in [-0.15, -0.1) is 0 Å². The molecule has 3 saturated carbocycles. The number of anilines is 1. The molecule has 3 fully saturated rings. The van der Waals surface area contributed by atoms with E-state index in [9.17, 15) is 19.2 Å². The second kappa shape index (κ2) is 9.41. The van der Waals surface area contributed by atoms with E-state index in [1.807, 2.05) is 0 Å². The van der Waals surface area contributed by atoms with Crippen LogP contribution in [-0.4, -0.2) is 32.8 Å². The summed E-state index contributed by atoms with van der Waals surface area (Å²) in [7, 11) is 0. The summed E-state index contributed by atoms with van der Waals surface area (Å²) in [5.74, 6) is 0.289. The topological polar surface area (TPSA) is 111 Å². The highest BCUT2D eigenvalue weighted by atomic mass is 16.6. The van der Waals surface area contributed by atoms with Gasteiger partial charge in [-0.1, -0.05) is 6.42 Å².